The average molecular weight is 316 g/mol. The highest BCUT2D eigenvalue weighted by Crippen LogP contribution is 2.35. The molecular weight excluding hydrogens is 301 g/mol. The van der Waals surface area contributed by atoms with Gasteiger partial charge in [-0.3, -0.25) is 0 Å². The summed E-state index contributed by atoms with van der Waals surface area (Å²) in [6, 6.07) is 6.37. The SMILES string of the molecule is CC(C)Oc1cccc(C(N)c2cnc(C(F)(F)F)s2)c1. The number of benzene rings is 1. The van der Waals surface area contributed by atoms with Crippen LogP contribution in [-0.2, 0) is 6.18 Å². The van der Waals surface area contributed by atoms with Gasteiger partial charge in [-0.1, -0.05) is 12.1 Å². The van der Waals surface area contributed by atoms with E-state index < -0.39 is 17.2 Å². The van der Waals surface area contributed by atoms with Crippen LogP contribution in [0.5, 0.6) is 5.75 Å². The van der Waals surface area contributed by atoms with E-state index in [4.69, 9.17) is 10.5 Å². The zero-order valence-electron chi connectivity index (χ0n) is 11.5. The first-order valence-corrected chi connectivity index (χ1v) is 7.14. The largest absolute Gasteiger partial charge is 0.491 e. The molecule has 1 unspecified atom stereocenters. The molecular formula is C14H15F3N2OS. The van der Waals surface area contributed by atoms with Crippen LogP contribution in [0.4, 0.5) is 13.2 Å². The van der Waals surface area contributed by atoms with Crippen molar-refractivity contribution in [2.75, 3.05) is 0 Å². The second kappa shape index (κ2) is 6.03. The maximum absolute atomic E-state index is 12.6. The van der Waals surface area contributed by atoms with Crippen LogP contribution in [-0.4, -0.2) is 11.1 Å². The Bertz CT molecular complexity index is 610. The Morgan fingerprint density at radius 2 is 2.00 bits per heavy atom. The molecule has 7 heteroatoms. The predicted octanol–water partition coefficient (Wildman–Crippen LogP) is 4.00. The van der Waals surface area contributed by atoms with E-state index in [-0.39, 0.29) is 6.10 Å². The third kappa shape index (κ3) is 3.95. The Kier molecular flexibility index (Phi) is 4.53. The summed E-state index contributed by atoms with van der Waals surface area (Å²) in [5.74, 6) is 0.638. The summed E-state index contributed by atoms with van der Waals surface area (Å²) in [7, 11) is 0. The minimum absolute atomic E-state index is 0.0108. The van der Waals surface area contributed by atoms with Crippen LogP contribution >= 0.6 is 11.3 Å². The summed E-state index contributed by atoms with van der Waals surface area (Å²) in [5.41, 5.74) is 6.71. The first-order valence-electron chi connectivity index (χ1n) is 6.32. The summed E-state index contributed by atoms with van der Waals surface area (Å²) >= 11 is 0.561. The number of halogens is 3. The Hall–Kier alpha value is -1.60. The van der Waals surface area contributed by atoms with E-state index in [0.29, 0.717) is 27.5 Å². The normalized spacial score (nSPS) is 13.5. The third-order valence-electron chi connectivity index (χ3n) is 2.66. The number of alkyl halides is 3. The zero-order chi connectivity index (χ0) is 15.6. The van der Waals surface area contributed by atoms with Crippen LogP contribution in [0.2, 0.25) is 0 Å². The topological polar surface area (TPSA) is 48.1 Å². The molecule has 2 rings (SSSR count). The van der Waals surface area contributed by atoms with Gasteiger partial charge in [-0.2, -0.15) is 13.2 Å². The summed E-state index contributed by atoms with van der Waals surface area (Å²) < 4.78 is 43.2. The van der Waals surface area contributed by atoms with Crippen molar-refractivity contribution >= 4 is 11.3 Å². The van der Waals surface area contributed by atoms with E-state index in [9.17, 15) is 13.2 Å². The van der Waals surface area contributed by atoms with Crippen molar-refractivity contribution in [2.45, 2.75) is 32.2 Å². The number of hydrogen-bond donors (Lipinski definition) is 1. The Balaban J connectivity index is 2.23. The van der Waals surface area contributed by atoms with Gasteiger partial charge in [0.05, 0.1) is 12.1 Å². The van der Waals surface area contributed by atoms with Gasteiger partial charge in [-0.25, -0.2) is 4.98 Å². The molecule has 114 valence electrons. The number of nitrogens with two attached hydrogens (primary N) is 1. The van der Waals surface area contributed by atoms with Crippen molar-refractivity contribution < 1.29 is 17.9 Å². The third-order valence-corrected chi connectivity index (χ3v) is 3.79. The summed E-state index contributed by atoms with van der Waals surface area (Å²) in [6.07, 6.45) is -3.25. The fourth-order valence-electron chi connectivity index (χ4n) is 1.78. The molecule has 1 aromatic heterocycles. The van der Waals surface area contributed by atoms with Gasteiger partial charge >= 0.3 is 6.18 Å². The van der Waals surface area contributed by atoms with Crippen LogP contribution in [0.15, 0.2) is 30.5 Å². The Morgan fingerprint density at radius 1 is 1.29 bits per heavy atom. The molecule has 0 saturated heterocycles. The van der Waals surface area contributed by atoms with Crippen LogP contribution in [0.3, 0.4) is 0 Å². The maximum atomic E-state index is 12.6. The fraction of sp³-hybridized carbons (Fsp3) is 0.357. The lowest BCUT2D eigenvalue weighted by atomic mass is 10.1. The molecule has 2 N–H and O–H groups in total. The van der Waals surface area contributed by atoms with E-state index in [2.05, 4.69) is 4.98 Å². The molecule has 2 aromatic rings. The molecule has 0 aliphatic carbocycles. The minimum atomic E-state index is -4.44. The average Bonchev–Trinajstić information content (AvgIpc) is 2.86. The van der Waals surface area contributed by atoms with Gasteiger partial charge in [0.2, 0.25) is 0 Å². The molecule has 0 spiro atoms. The Labute approximate surface area is 124 Å². The molecule has 0 fully saturated rings. The molecule has 3 nitrogen and oxygen atoms in total. The van der Waals surface area contributed by atoms with E-state index >= 15 is 0 Å². The molecule has 1 atom stereocenters. The molecule has 0 aliphatic rings. The highest BCUT2D eigenvalue weighted by Gasteiger charge is 2.35. The fourth-order valence-corrected chi connectivity index (χ4v) is 2.59. The monoisotopic (exact) mass is 316 g/mol. The second-order valence-corrected chi connectivity index (χ2v) is 5.84. The van der Waals surface area contributed by atoms with Gasteiger partial charge in [0, 0.05) is 11.1 Å². The molecule has 21 heavy (non-hydrogen) atoms. The van der Waals surface area contributed by atoms with Crippen LogP contribution < -0.4 is 10.5 Å². The Morgan fingerprint density at radius 3 is 2.57 bits per heavy atom. The van der Waals surface area contributed by atoms with E-state index in [1.165, 1.54) is 6.20 Å². The van der Waals surface area contributed by atoms with E-state index in [1.807, 2.05) is 13.8 Å². The highest BCUT2D eigenvalue weighted by molar-refractivity contribution is 7.11. The number of rotatable bonds is 4. The number of hydrogen-bond acceptors (Lipinski definition) is 4. The lowest BCUT2D eigenvalue weighted by Gasteiger charge is -2.14. The second-order valence-electron chi connectivity index (χ2n) is 4.78. The maximum Gasteiger partial charge on any atom is 0.443 e. The molecule has 0 saturated carbocycles. The van der Waals surface area contributed by atoms with Crippen LogP contribution in [0.1, 0.15) is 35.3 Å². The van der Waals surface area contributed by atoms with E-state index in [1.54, 1.807) is 24.3 Å². The number of ether oxygens (including phenoxy) is 1. The lowest BCUT2D eigenvalue weighted by molar-refractivity contribution is -0.137. The number of nitrogens with zero attached hydrogens (tertiary/aromatic N) is 1. The molecule has 0 bridgehead atoms. The molecule has 0 radical (unpaired) electrons. The standard InChI is InChI=1S/C14H15F3N2OS/c1-8(2)20-10-5-3-4-9(6-10)12(18)11-7-19-13(21-11)14(15,16)17/h3-8,12H,18H2,1-2H3. The van der Waals surface area contributed by atoms with Crippen molar-refractivity contribution in [1.29, 1.82) is 0 Å². The lowest BCUT2D eigenvalue weighted by Crippen LogP contribution is -2.11. The van der Waals surface area contributed by atoms with Crippen molar-refractivity contribution in [3.63, 3.8) is 0 Å². The van der Waals surface area contributed by atoms with Crippen LogP contribution in [0.25, 0.3) is 0 Å². The van der Waals surface area contributed by atoms with Crippen molar-refractivity contribution in [1.82, 2.24) is 4.98 Å². The quantitative estimate of drug-likeness (QED) is 0.927. The highest BCUT2D eigenvalue weighted by atomic mass is 32.1. The van der Waals surface area contributed by atoms with Gasteiger partial charge in [0.1, 0.15) is 5.75 Å². The first-order chi connectivity index (χ1) is 9.77. The number of aromatic nitrogens is 1. The summed E-state index contributed by atoms with van der Waals surface area (Å²) in [5, 5.41) is -0.887. The zero-order valence-corrected chi connectivity index (χ0v) is 12.3. The predicted molar refractivity (Wildman–Crippen MR) is 75.4 cm³/mol. The van der Waals surface area contributed by atoms with Crippen LogP contribution in [0, 0.1) is 0 Å². The van der Waals surface area contributed by atoms with Gasteiger partial charge in [0.15, 0.2) is 5.01 Å². The smallest absolute Gasteiger partial charge is 0.443 e. The van der Waals surface area contributed by atoms with Gasteiger partial charge in [-0.15, -0.1) is 11.3 Å². The van der Waals surface area contributed by atoms with Gasteiger partial charge < -0.3 is 10.5 Å². The first kappa shape index (κ1) is 15.8. The summed E-state index contributed by atoms with van der Waals surface area (Å²) in [4.78, 5) is 3.75. The van der Waals surface area contributed by atoms with Crippen molar-refractivity contribution in [3.05, 3.63) is 45.9 Å². The number of thiazole rings is 1. The van der Waals surface area contributed by atoms with Crippen molar-refractivity contribution in [2.24, 2.45) is 5.73 Å². The van der Waals surface area contributed by atoms with Crippen molar-refractivity contribution in [3.8, 4) is 5.75 Å². The molecule has 0 amide bonds. The molecule has 1 heterocycles. The molecule has 1 aromatic carbocycles. The minimum Gasteiger partial charge on any atom is -0.491 e. The molecule has 0 aliphatic heterocycles. The van der Waals surface area contributed by atoms with Gasteiger partial charge in [0.25, 0.3) is 0 Å². The van der Waals surface area contributed by atoms with E-state index in [0.717, 1.165) is 0 Å². The summed E-state index contributed by atoms with van der Waals surface area (Å²) in [6.45, 7) is 3.79. The van der Waals surface area contributed by atoms with Gasteiger partial charge in [-0.05, 0) is 31.5 Å².